The molecular weight excluding hydrogens is 293 g/mol. The molecule has 1 atom stereocenters. The highest BCUT2D eigenvalue weighted by atomic mass is 35.5. The van der Waals surface area contributed by atoms with Gasteiger partial charge in [-0.05, 0) is 36.9 Å². The number of halogens is 2. The van der Waals surface area contributed by atoms with Gasteiger partial charge in [0.05, 0.1) is 10.0 Å². The van der Waals surface area contributed by atoms with Crippen LogP contribution in [-0.4, -0.2) is 12.3 Å². The molecule has 0 saturated carbocycles. The monoisotopic (exact) mass is 315 g/mol. The summed E-state index contributed by atoms with van der Waals surface area (Å²) in [6.45, 7) is 2.86. The Kier molecular flexibility index (Phi) is 8.20. The van der Waals surface area contributed by atoms with Gasteiger partial charge in [-0.15, -0.1) is 0 Å². The SMILES string of the molecule is CCCC(CCN)CCC(=O)Cc1cccc(Cl)c1Cl. The van der Waals surface area contributed by atoms with Crippen LogP contribution >= 0.6 is 23.2 Å². The summed E-state index contributed by atoms with van der Waals surface area (Å²) in [5, 5.41) is 0.999. The third kappa shape index (κ3) is 5.82. The Balaban J connectivity index is 2.48. The van der Waals surface area contributed by atoms with E-state index in [4.69, 9.17) is 28.9 Å². The normalized spacial score (nSPS) is 12.4. The van der Waals surface area contributed by atoms with Crippen molar-refractivity contribution in [1.82, 2.24) is 0 Å². The minimum absolute atomic E-state index is 0.215. The van der Waals surface area contributed by atoms with Crippen LogP contribution in [0.3, 0.4) is 0 Å². The Morgan fingerprint density at radius 2 is 2.00 bits per heavy atom. The predicted molar refractivity (Wildman–Crippen MR) is 86.5 cm³/mol. The molecule has 2 nitrogen and oxygen atoms in total. The van der Waals surface area contributed by atoms with Crippen molar-refractivity contribution in [3.05, 3.63) is 33.8 Å². The molecule has 1 aromatic carbocycles. The van der Waals surface area contributed by atoms with Crippen LogP contribution in [0.4, 0.5) is 0 Å². The molecule has 0 bridgehead atoms. The van der Waals surface area contributed by atoms with Gasteiger partial charge in [0.1, 0.15) is 5.78 Å². The Morgan fingerprint density at radius 3 is 2.65 bits per heavy atom. The zero-order valence-electron chi connectivity index (χ0n) is 12.0. The van der Waals surface area contributed by atoms with Crippen LogP contribution in [0.5, 0.6) is 0 Å². The van der Waals surface area contributed by atoms with E-state index in [1.165, 1.54) is 0 Å². The highest BCUT2D eigenvalue weighted by Gasteiger charge is 2.12. The summed E-state index contributed by atoms with van der Waals surface area (Å²) in [6, 6.07) is 5.41. The van der Waals surface area contributed by atoms with Gasteiger partial charge in [0.15, 0.2) is 0 Å². The maximum absolute atomic E-state index is 12.1. The number of carbonyl (C=O) groups excluding carboxylic acids is 1. The quantitative estimate of drug-likeness (QED) is 0.720. The van der Waals surface area contributed by atoms with E-state index in [1.54, 1.807) is 6.07 Å². The Morgan fingerprint density at radius 1 is 1.25 bits per heavy atom. The zero-order chi connectivity index (χ0) is 15.0. The van der Waals surface area contributed by atoms with Crippen molar-refractivity contribution in [3.8, 4) is 0 Å². The predicted octanol–water partition coefficient (Wildman–Crippen LogP) is 4.65. The maximum Gasteiger partial charge on any atom is 0.137 e. The molecule has 2 N–H and O–H groups in total. The Hall–Kier alpha value is -0.570. The van der Waals surface area contributed by atoms with E-state index in [9.17, 15) is 4.79 Å². The van der Waals surface area contributed by atoms with Gasteiger partial charge in [0, 0.05) is 12.8 Å². The first-order chi connectivity index (χ1) is 9.58. The Bertz CT molecular complexity index is 428. The lowest BCUT2D eigenvalue weighted by Gasteiger charge is -2.14. The smallest absolute Gasteiger partial charge is 0.137 e. The lowest BCUT2D eigenvalue weighted by molar-refractivity contribution is -0.118. The molecule has 20 heavy (non-hydrogen) atoms. The number of rotatable bonds is 9. The molecule has 0 radical (unpaired) electrons. The largest absolute Gasteiger partial charge is 0.330 e. The van der Waals surface area contributed by atoms with E-state index in [0.29, 0.717) is 35.3 Å². The van der Waals surface area contributed by atoms with Gasteiger partial charge in [-0.1, -0.05) is 55.1 Å². The Labute approximate surface area is 131 Å². The lowest BCUT2D eigenvalue weighted by Crippen LogP contribution is -2.12. The van der Waals surface area contributed by atoms with Crippen LogP contribution in [0.2, 0.25) is 10.0 Å². The van der Waals surface area contributed by atoms with Crippen molar-refractivity contribution in [2.75, 3.05) is 6.54 Å². The highest BCUT2D eigenvalue weighted by Crippen LogP contribution is 2.26. The first kappa shape index (κ1) is 17.5. The van der Waals surface area contributed by atoms with E-state index < -0.39 is 0 Å². The number of hydrogen-bond donors (Lipinski definition) is 1. The number of hydrogen-bond acceptors (Lipinski definition) is 2. The standard InChI is InChI=1S/C16H23Cl2NO/c1-2-4-12(9-10-19)7-8-14(20)11-13-5-3-6-15(17)16(13)18/h3,5-6,12H,2,4,7-11,19H2,1H3. The summed E-state index contributed by atoms with van der Waals surface area (Å²) in [5.74, 6) is 0.774. The minimum atomic E-state index is 0.215. The molecular formula is C16H23Cl2NO. The molecule has 1 rings (SSSR count). The summed E-state index contributed by atoms with van der Waals surface area (Å²) in [7, 11) is 0. The molecule has 1 aromatic rings. The molecule has 0 aliphatic rings. The van der Waals surface area contributed by atoms with Crippen molar-refractivity contribution in [2.45, 2.75) is 45.4 Å². The fraction of sp³-hybridized carbons (Fsp3) is 0.562. The van der Waals surface area contributed by atoms with Crippen LogP contribution in [0.15, 0.2) is 18.2 Å². The first-order valence-corrected chi connectivity index (χ1v) is 7.98. The minimum Gasteiger partial charge on any atom is -0.330 e. The third-order valence-electron chi connectivity index (χ3n) is 3.52. The van der Waals surface area contributed by atoms with E-state index in [-0.39, 0.29) is 5.78 Å². The third-order valence-corrected chi connectivity index (χ3v) is 4.38. The van der Waals surface area contributed by atoms with Crippen molar-refractivity contribution in [1.29, 1.82) is 0 Å². The number of nitrogens with two attached hydrogens (primary N) is 1. The summed E-state index contributed by atoms with van der Waals surface area (Å²) in [4.78, 5) is 12.1. The molecule has 112 valence electrons. The molecule has 0 aromatic heterocycles. The van der Waals surface area contributed by atoms with Crippen LogP contribution in [-0.2, 0) is 11.2 Å². The fourth-order valence-electron chi connectivity index (χ4n) is 2.43. The molecule has 0 fully saturated rings. The zero-order valence-corrected chi connectivity index (χ0v) is 13.5. The van der Waals surface area contributed by atoms with Crippen LogP contribution in [0, 0.1) is 5.92 Å². The van der Waals surface area contributed by atoms with Gasteiger partial charge >= 0.3 is 0 Å². The van der Waals surface area contributed by atoms with Gasteiger partial charge in [-0.25, -0.2) is 0 Å². The molecule has 0 amide bonds. The molecule has 1 unspecified atom stereocenters. The van der Waals surface area contributed by atoms with E-state index >= 15 is 0 Å². The van der Waals surface area contributed by atoms with Gasteiger partial charge < -0.3 is 5.73 Å². The number of carbonyl (C=O) groups is 1. The number of benzene rings is 1. The highest BCUT2D eigenvalue weighted by molar-refractivity contribution is 6.42. The van der Waals surface area contributed by atoms with E-state index in [2.05, 4.69) is 6.92 Å². The molecule has 0 heterocycles. The second kappa shape index (κ2) is 9.38. The van der Waals surface area contributed by atoms with Gasteiger partial charge in [0.2, 0.25) is 0 Å². The summed E-state index contributed by atoms with van der Waals surface area (Å²) < 4.78 is 0. The van der Waals surface area contributed by atoms with Crippen LogP contribution in [0.1, 0.15) is 44.6 Å². The molecule has 0 aliphatic heterocycles. The molecule has 0 saturated heterocycles. The lowest BCUT2D eigenvalue weighted by atomic mass is 9.92. The molecule has 0 spiro atoms. The number of Topliss-reactive ketones (excluding diaryl/α,β-unsaturated/α-hetero) is 1. The molecule has 0 aliphatic carbocycles. The second-order valence-corrected chi connectivity index (χ2v) is 5.98. The topological polar surface area (TPSA) is 43.1 Å². The van der Waals surface area contributed by atoms with Gasteiger partial charge in [-0.3, -0.25) is 4.79 Å². The van der Waals surface area contributed by atoms with Crippen molar-refractivity contribution in [2.24, 2.45) is 11.7 Å². The van der Waals surface area contributed by atoms with Crippen molar-refractivity contribution in [3.63, 3.8) is 0 Å². The van der Waals surface area contributed by atoms with Gasteiger partial charge in [-0.2, -0.15) is 0 Å². The summed E-state index contributed by atoms with van der Waals surface area (Å²) >= 11 is 12.0. The fourth-order valence-corrected chi connectivity index (χ4v) is 2.81. The summed E-state index contributed by atoms with van der Waals surface area (Å²) in [5.41, 5.74) is 6.42. The average molecular weight is 316 g/mol. The molecule has 4 heteroatoms. The van der Waals surface area contributed by atoms with Crippen LogP contribution < -0.4 is 5.73 Å². The summed E-state index contributed by atoms with van der Waals surface area (Å²) in [6.07, 6.45) is 5.15. The first-order valence-electron chi connectivity index (χ1n) is 7.23. The van der Waals surface area contributed by atoms with Crippen LogP contribution in [0.25, 0.3) is 0 Å². The van der Waals surface area contributed by atoms with E-state index in [0.717, 1.165) is 31.2 Å². The maximum atomic E-state index is 12.1. The van der Waals surface area contributed by atoms with Crippen molar-refractivity contribution >= 4 is 29.0 Å². The second-order valence-electron chi connectivity index (χ2n) is 5.20. The van der Waals surface area contributed by atoms with E-state index in [1.807, 2.05) is 12.1 Å². The number of ketones is 1. The van der Waals surface area contributed by atoms with Gasteiger partial charge in [0.25, 0.3) is 0 Å². The average Bonchev–Trinajstić information content (AvgIpc) is 2.42. The van der Waals surface area contributed by atoms with Crippen molar-refractivity contribution < 1.29 is 4.79 Å².